The molecule has 1 saturated heterocycles. The number of ether oxygens (including phenoxy) is 1. The van der Waals surface area contributed by atoms with Crippen LogP contribution in [-0.4, -0.2) is 46.2 Å². The lowest BCUT2D eigenvalue weighted by Crippen LogP contribution is -2.38. The molecule has 1 amide bonds. The molecule has 1 aliphatic heterocycles. The number of carbonyl (C=O) groups excluding carboxylic acids is 1. The number of H-pyrrole nitrogens is 2. The number of aryl methyl sites for hydroxylation is 1. The number of hydrogen-bond acceptors (Lipinski definition) is 3. The topological polar surface area (TPSA) is 74.0 Å². The van der Waals surface area contributed by atoms with Crippen LogP contribution in [0.5, 0.6) is 5.75 Å². The van der Waals surface area contributed by atoms with Gasteiger partial charge < -0.3 is 14.6 Å². The lowest BCUT2D eigenvalue weighted by Gasteiger charge is -2.32. The van der Waals surface area contributed by atoms with E-state index in [4.69, 9.17) is 4.74 Å². The molecule has 0 aliphatic carbocycles. The first-order chi connectivity index (χ1) is 12.2. The van der Waals surface area contributed by atoms with Gasteiger partial charge in [-0.3, -0.25) is 9.89 Å². The minimum atomic E-state index is 0.0743. The van der Waals surface area contributed by atoms with Crippen molar-refractivity contribution < 1.29 is 9.53 Å². The minimum Gasteiger partial charge on any atom is -0.497 e. The van der Waals surface area contributed by atoms with E-state index in [1.165, 1.54) is 10.9 Å². The molecule has 2 N–H and O–H groups in total. The fourth-order valence-corrected chi connectivity index (χ4v) is 3.72. The summed E-state index contributed by atoms with van der Waals surface area (Å²) in [6.45, 7) is 3.42. The first-order valence-corrected chi connectivity index (χ1v) is 8.61. The molecule has 0 saturated carbocycles. The van der Waals surface area contributed by atoms with Gasteiger partial charge in [0.05, 0.1) is 18.9 Å². The fourth-order valence-electron chi connectivity index (χ4n) is 3.72. The Morgan fingerprint density at radius 2 is 2.12 bits per heavy atom. The number of nitrogens with zero attached hydrogens (tertiary/aromatic N) is 2. The summed E-state index contributed by atoms with van der Waals surface area (Å²) in [6, 6.07) is 6.11. The van der Waals surface area contributed by atoms with Gasteiger partial charge in [-0.2, -0.15) is 5.10 Å². The van der Waals surface area contributed by atoms with E-state index >= 15 is 0 Å². The smallest absolute Gasteiger partial charge is 0.257 e. The Labute approximate surface area is 146 Å². The van der Waals surface area contributed by atoms with Crippen molar-refractivity contribution in [2.45, 2.75) is 25.7 Å². The second kappa shape index (κ2) is 6.27. The number of aromatic nitrogens is 3. The Bertz CT molecular complexity index is 903. The quantitative estimate of drug-likeness (QED) is 0.770. The summed E-state index contributed by atoms with van der Waals surface area (Å²) in [5.74, 6) is 1.40. The molecule has 0 bridgehead atoms. The summed E-state index contributed by atoms with van der Waals surface area (Å²) >= 11 is 0. The summed E-state index contributed by atoms with van der Waals surface area (Å²) in [4.78, 5) is 17.9. The summed E-state index contributed by atoms with van der Waals surface area (Å²) in [5.41, 5.74) is 3.95. The molecule has 25 heavy (non-hydrogen) atoms. The van der Waals surface area contributed by atoms with Crippen LogP contribution in [0.3, 0.4) is 0 Å². The molecule has 0 radical (unpaired) electrons. The van der Waals surface area contributed by atoms with Crippen LogP contribution in [0.25, 0.3) is 10.9 Å². The number of amides is 1. The Hall–Kier alpha value is -2.76. The van der Waals surface area contributed by atoms with Crippen LogP contribution in [0, 0.1) is 6.92 Å². The van der Waals surface area contributed by atoms with Gasteiger partial charge in [0.25, 0.3) is 5.91 Å². The van der Waals surface area contributed by atoms with Crippen molar-refractivity contribution in [3.63, 3.8) is 0 Å². The molecule has 0 atom stereocenters. The van der Waals surface area contributed by atoms with Gasteiger partial charge in [-0.25, -0.2) is 0 Å². The third-order valence-electron chi connectivity index (χ3n) is 5.20. The van der Waals surface area contributed by atoms with Crippen LogP contribution < -0.4 is 4.74 Å². The first kappa shape index (κ1) is 15.7. The van der Waals surface area contributed by atoms with Gasteiger partial charge in [-0.15, -0.1) is 0 Å². The molecule has 1 fully saturated rings. The highest BCUT2D eigenvalue weighted by Crippen LogP contribution is 2.35. The summed E-state index contributed by atoms with van der Waals surface area (Å²) < 4.78 is 5.36. The highest BCUT2D eigenvalue weighted by molar-refractivity contribution is 5.95. The van der Waals surface area contributed by atoms with E-state index in [-0.39, 0.29) is 5.91 Å². The Morgan fingerprint density at radius 3 is 2.80 bits per heavy atom. The number of fused-ring (bicyclic) bond motifs is 1. The van der Waals surface area contributed by atoms with Crippen LogP contribution in [0.2, 0.25) is 0 Å². The number of benzene rings is 1. The van der Waals surface area contributed by atoms with Gasteiger partial charge in [-0.1, -0.05) is 0 Å². The SMILES string of the molecule is COc1ccc2[nH]cc(C3CCN(C(=O)c4cn[nH]c4C)CC3)c2c1. The minimum absolute atomic E-state index is 0.0743. The highest BCUT2D eigenvalue weighted by atomic mass is 16.5. The molecule has 3 aromatic rings. The zero-order valence-electron chi connectivity index (χ0n) is 14.5. The van der Waals surface area contributed by atoms with E-state index < -0.39 is 0 Å². The molecule has 6 heteroatoms. The standard InChI is InChI=1S/C19H22N4O2/c1-12-16(11-21-22-12)19(24)23-7-5-13(6-8-23)17-10-20-18-4-3-14(25-2)9-15(17)18/h3-4,9-11,13,20H,5-8H2,1-2H3,(H,21,22). The number of rotatable bonds is 3. The van der Waals surface area contributed by atoms with Gasteiger partial charge in [0, 0.05) is 35.9 Å². The van der Waals surface area contributed by atoms with Gasteiger partial charge in [0.15, 0.2) is 0 Å². The van der Waals surface area contributed by atoms with Crippen molar-refractivity contribution in [3.05, 3.63) is 47.4 Å². The van der Waals surface area contributed by atoms with Crippen LogP contribution in [-0.2, 0) is 0 Å². The molecule has 2 aromatic heterocycles. The maximum absolute atomic E-state index is 12.6. The summed E-state index contributed by atoms with van der Waals surface area (Å²) in [7, 11) is 1.69. The molecule has 130 valence electrons. The molecule has 0 unspecified atom stereocenters. The number of carbonyl (C=O) groups is 1. The van der Waals surface area contributed by atoms with Crippen LogP contribution >= 0.6 is 0 Å². The first-order valence-electron chi connectivity index (χ1n) is 8.61. The average molecular weight is 338 g/mol. The highest BCUT2D eigenvalue weighted by Gasteiger charge is 2.27. The van der Waals surface area contributed by atoms with Crippen LogP contribution in [0.4, 0.5) is 0 Å². The molecule has 3 heterocycles. The number of nitrogens with one attached hydrogen (secondary N) is 2. The second-order valence-corrected chi connectivity index (χ2v) is 6.63. The van der Waals surface area contributed by atoms with Crippen molar-refractivity contribution >= 4 is 16.8 Å². The third-order valence-corrected chi connectivity index (χ3v) is 5.20. The van der Waals surface area contributed by atoms with E-state index in [0.717, 1.165) is 42.9 Å². The number of methoxy groups -OCH3 is 1. The van der Waals surface area contributed by atoms with Gasteiger partial charge >= 0.3 is 0 Å². The number of aromatic amines is 2. The molecular weight excluding hydrogens is 316 g/mol. The van der Waals surface area contributed by atoms with Crippen molar-refractivity contribution in [3.8, 4) is 5.75 Å². The monoisotopic (exact) mass is 338 g/mol. The van der Waals surface area contributed by atoms with E-state index in [9.17, 15) is 4.79 Å². The van der Waals surface area contributed by atoms with E-state index in [2.05, 4.69) is 33.5 Å². The van der Waals surface area contributed by atoms with Crippen LogP contribution in [0.15, 0.2) is 30.6 Å². The second-order valence-electron chi connectivity index (χ2n) is 6.63. The van der Waals surface area contributed by atoms with Gasteiger partial charge in [0.2, 0.25) is 0 Å². The Kier molecular flexibility index (Phi) is 3.95. The normalized spacial score (nSPS) is 15.7. The van der Waals surface area contributed by atoms with Crippen LogP contribution in [0.1, 0.15) is 40.4 Å². The zero-order valence-corrected chi connectivity index (χ0v) is 14.5. The lowest BCUT2D eigenvalue weighted by molar-refractivity contribution is 0.0712. The van der Waals surface area contributed by atoms with Crippen molar-refractivity contribution in [2.24, 2.45) is 0 Å². The maximum Gasteiger partial charge on any atom is 0.257 e. The fraction of sp³-hybridized carbons (Fsp3) is 0.368. The largest absolute Gasteiger partial charge is 0.497 e. The average Bonchev–Trinajstić information content (AvgIpc) is 3.26. The van der Waals surface area contributed by atoms with Crippen molar-refractivity contribution in [1.82, 2.24) is 20.1 Å². The summed E-state index contributed by atoms with van der Waals surface area (Å²) in [5, 5.41) is 8.01. The van der Waals surface area contributed by atoms with Gasteiger partial charge in [-0.05, 0) is 49.4 Å². The third kappa shape index (κ3) is 2.77. The zero-order chi connectivity index (χ0) is 17.4. The van der Waals surface area contributed by atoms with Gasteiger partial charge in [0.1, 0.15) is 5.75 Å². The number of piperidine rings is 1. The predicted octanol–water partition coefficient (Wildman–Crippen LogP) is 3.23. The predicted molar refractivity (Wildman–Crippen MR) is 96.1 cm³/mol. The Morgan fingerprint density at radius 1 is 1.32 bits per heavy atom. The Balaban J connectivity index is 1.50. The number of likely N-dealkylation sites (tertiary alicyclic amines) is 1. The number of hydrogen-bond donors (Lipinski definition) is 2. The van der Waals surface area contributed by atoms with E-state index in [1.54, 1.807) is 13.3 Å². The summed E-state index contributed by atoms with van der Waals surface area (Å²) in [6.07, 6.45) is 5.65. The molecular formula is C19H22N4O2. The maximum atomic E-state index is 12.6. The molecule has 4 rings (SSSR count). The van der Waals surface area contributed by atoms with Crippen molar-refractivity contribution in [2.75, 3.05) is 20.2 Å². The van der Waals surface area contributed by atoms with E-state index in [0.29, 0.717) is 11.5 Å². The lowest BCUT2D eigenvalue weighted by atomic mass is 9.89. The van der Waals surface area contributed by atoms with E-state index in [1.807, 2.05) is 17.9 Å². The molecule has 1 aromatic carbocycles. The molecule has 6 nitrogen and oxygen atoms in total. The molecule has 1 aliphatic rings. The molecule has 0 spiro atoms. The van der Waals surface area contributed by atoms with Crippen molar-refractivity contribution in [1.29, 1.82) is 0 Å².